The first-order valence-corrected chi connectivity index (χ1v) is 2.82. The summed E-state index contributed by atoms with van der Waals surface area (Å²) in [5, 5.41) is 7.93. The summed E-state index contributed by atoms with van der Waals surface area (Å²) >= 11 is 0. The molecule has 0 aromatic heterocycles. The minimum atomic E-state index is 0.655. The molecule has 5 heteroatoms. The number of nitrogens with zero attached hydrogens (tertiary/aromatic N) is 1. The van der Waals surface area contributed by atoms with E-state index in [1.807, 2.05) is 0 Å². The third-order valence-corrected chi connectivity index (χ3v) is 1.21. The maximum absolute atomic E-state index is 7.93. The van der Waals surface area contributed by atoms with Crippen molar-refractivity contribution >= 4 is 14.2 Å². The highest BCUT2D eigenvalue weighted by Gasteiger charge is 1.99. The summed E-state index contributed by atoms with van der Waals surface area (Å²) < 4.78 is 0. The fourth-order valence-electron chi connectivity index (χ4n) is 0.283. The second-order valence-electron chi connectivity index (χ2n) is 1.02. The molecule has 44 valence electrons. The van der Waals surface area contributed by atoms with Gasteiger partial charge in [0, 0.05) is 0 Å². The lowest BCUT2D eigenvalue weighted by molar-refractivity contribution is -0.442. The smallest absolute Gasteiger partial charge is 0.116 e. The van der Waals surface area contributed by atoms with E-state index in [9.17, 15) is 0 Å². The summed E-state index contributed by atoms with van der Waals surface area (Å²) in [6, 6.07) is 0. The first-order valence-electron chi connectivity index (χ1n) is 1.91. The van der Waals surface area contributed by atoms with E-state index < -0.39 is 0 Å². The van der Waals surface area contributed by atoms with Crippen LogP contribution in [0.2, 0.25) is 0 Å². The van der Waals surface area contributed by atoms with Crippen LogP contribution in [0.5, 0.6) is 0 Å². The molecule has 1 aliphatic heterocycles. The Morgan fingerprint density at radius 2 is 2.62 bits per heavy atom. The van der Waals surface area contributed by atoms with Gasteiger partial charge in [0.15, 0.2) is 0 Å². The second-order valence-corrected chi connectivity index (χ2v) is 1.87. The maximum atomic E-state index is 7.93. The molecule has 0 aromatic carbocycles. The first kappa shape index (κ1) is 5.72. The lowest BCUT2D eigenvalue weighted by Gasteiger charge is -2.09. The monoisotopic (exact) mass is 133 g/mol. The van der Waals surface area contributed by atoms with Crippen molar-refractivity contribution in [3.05, 3.63) is 12.3 Å². The standard InChI is InChI=1S/C3H4NO3P/c5-7-4-6-2-1-3-8-4/h1-3,5H. The zero-order valence-corrected chi connectivity index (χ0v) is 4.78. The predicted octanol–water partition coefficient (Wildman–Crippen LogP) is 0.815. The van der Waals surface area contributed by atoms with Gasteiger partial charge in [-0.2, -0.15) is 0 Å². The molecule has 1 heterocycles. The van der Waals surface area contributed by atoms with Gasteiger partial charge in [-0.05, 0) is 11.9 Å². The molecule has 0 aromatic rings. The van der Waals surface area contributed by atoms with Crippen LogP contribution in [0.25, 0.3) is 0 Å². The van der Waals surface area contributed by atoms with Crippen LogP contribution in [0.15, 0.2) is 12.3 Å². The molecule has 1 rings (SSSR count). The van der Waals surface area contributed by atoms with Crippen molar-refractivity contribution in [1.82, 2.24) is 5.00 Å². The summed E-state index contributed by atoms with van der Waals surface area (Å²) in [6.07, 6.45) is 3.10. The quantitative estimate of drug-likeness (QED) is 0.326. The minimum absolute atomic E-state index is 0.655. The first-order chi connectivity index (χ1) is 3.93. The van der Waals surface area contributed by atoms with Crippen LogP contribution in [0.1, 0.15) is 0 Å². The van der Waals surface area contributed by atoms with Crippen LogP contribution in [0.4, 0.5) is 0 Å². The fourth-order valence-corrected chi connectivity index (χ4v) is 0.690. The average Bonchev–Trinajstić information content (AvgIpc) is 1.90. The Morgan fingerprint density at radius 3 is 3.00 bits per heavy atom. The lowest BCUT2D eigenvalue weighted by Crippen LogP contribution is -2.09. The highest BCUT2D eigenvalue weighted by Crippen LogP contribution is 2.09. The molecule has 0 saturated heterocycles. The average molecular weight is 133 g/mol. The zero-order chi connectivity index (χ0) is 5.82. The molecule has 0 bridgehead atoms. The molecule has 4 nitrogen and oxygen atoms in total. The van der Waals surface area contributed by atoms with Gasteiger partial charge in [0.1, 0.15) is 6.26 Å². The fraction of sp³-hybridized carbons (Fsp3) is 0. The molecule has 0 fully saturated rings. The molecule has 1 aliphatic rings. The van der Waals surface area contributed by atoms with Crippen molar-refractivity contribution in [3.63, 3.8) is 0 Å². The summed E-state index contributed by atoms with van der Waals surface area (Å²) in [6.45, 7) is 0. The van der Waals surface area contributed by atoms with Gasteiger partial charge in [0.2, 0.25) is 0 Å². The molecular formula is C3H4NO3P. The Kier molecular flexibility index (Phi) is 2.00. The Bertz CT molecular complexity index is 124. The largest absolute Gasteiger partial charge is 0.378 e. The SMILES string of the molecule is OON1OC=CC=P1. The van der Waals surface area contributed by atoms with Crippen LogP contribution >= 0.6 is 8.35 Å². The Balaban J connectivity index is 2.40. The zero-order valence-electron chi connectivity index (χ0n) is 3.89. The van der Waals surface area contributed by atoms with Crippen molar-refractivity contribution in [2.24, 2.45) is 0 Å². The molecule has 0 amide bonds. The Labute approximate surface area is 47.6 Å². The molecule has 0 saturated carbocycles. The molecule has 0 unspecified atom stereocenters. The van der Waals surface area contributed by atoms with Crippen LogP contribution in [-0.4, -0.2) is 16.1 Å². The molecular weight excluding hydrogens is 129 g/mol. The second kappa shape index (κ2) is 2.79. The van der Waals surface area contributed by atoms with Crippen LogP contribution < -0.4 is 0 Å². The van der Waals surface area contributed by atoms with Gasteiger partial charge < -0.3 is 4.84 Å². The highest BCUT2D eigenvalue weighted by atomic mass is 31.1. The van der Waals surface area contributed by atoms with Gasteiger partial charge in [-0.25, -0.2) is 5.26 Å². The third kappa shape index (κ3) is 1.28. The molecule has 1 N–H and O–H groups in total. The van der Waals surface area contributed by atoms with Gasteiger partial charge in [-0.3, -0.25) is 0 Å². The number of hydrogen-bond acceptors (Lipinski definition) is 4. The number of hydrogen-bond donors (Lipinski definition) is 1. The summed E-state index contributed by atoms with van der Waals surface area (Å²) in [5.41, 5.74) is 0. The molecule has 0 radical (unpaired) electrons. The third-order valence-electron chi connectivity index (χ3n) is 0.546. The summed E-state index contributed by atoms with van der Waals surface area (Å²) in [4.78, 5) is 9.17. The van der Waals surface area contributed by atoms with Crippen molar-refractivity contribution in [3.8, 4) is 0 Å². The Morgan fingerprint density at radius 1 is 1.75 bits per heavy atom. The van der Waals surface area contributed by atoms with Gasteiger partial charge >= 0.3 is 0 Å². The molecule has 0 aliphatic carbocycles. The van der Waals surface area contributed by atoms with Crippen molar-refractivity contribution < 1.29 is 15.1 Å². The van der Waals surface area contributed by atoms with E-state index in [1.165, 1.54) is 6.26 Å². The highest BCUT2D eigenvalue weighted by molar-refractivity contribution is 7.36. The van der Waals surface area contributed by atoms with E-state index in [0.717, 1.165) is 5.00 Å². The van der Waals surface area contributed by atoms with Crippen molar-refractivity contribution in [1.29, 1.82) is 0 Å². The van der Waals surface area contributed by atoms with E-state index in [0.29, 0.717) is 8.35 Å². The number of rotatable bonds is 1. The van der Waals surface area contributed by atoms with E-state index in [-0.39, 0.29) is 0 Å². The summed E-state index contributed by atoms with van der Waals surface area (Å²) in [5.74, 6) is 1.75. The van der Waals surface area contributed by atoms with Crippen LogP contribution in [0, 0.1) is 0 Å². The van der Waals surface area contributed by atoms with E-state index in [2.05, 4.69) is 9.83 Å². The molecule has 0 spiro atoms. The predicted molar refractivity (Wildman–Crippen MR) is 28.8 cm³/mol. The lowest BCUT2D eigenvalue weighted by atomic mass is 10.7. The van der Waals surface area contributed by atoms with Gasteiger partial charge in [0.05, 0.1) is 13.4 Å². The minimum Gasteiger partial charge on any atom is -0.378 e. The normalized spacial score (nSPS) is 20.6. The Hall–Kier alpha value is -0.410. The van der Waals surface area contributed by atoms with Crippen LogP contribution in [0.3, 0.4) is 0 Å². The van der Waals surface area contributed by atoms with Gasteiger partial charge in [-0.1, -0.05) is 4.99 Å². The summed E-state index contributed by atoms with van der Waals surface area (Å²) in [7, 11) is 0.655. The van der Waals surface area contributed by atoms with E-state index >= 15 is 0 Å². The van der Waals surface area contributed by atoms with Crippen LogP contribution in [-0.2, 0) is 9.83 Å². The van der Waals surface area contributed by atoms with E-state index in [4.69, 9.17) is 5.26 Å². The topological polar surface area (TPSA) is 41.9 Å². The van der Waals surface area contributed by atoms with Gasteiger partial charge in [-0.15, -0.1) is 0 Å². The molecule has 8 heavy (non-hydrogen) atoms. The maximum Gasteiger partial charge on any atom is 0.116 e. The number of allylic oxidation sites excluding steroid dienone is 1. The van der Waals surface area contributed by atoms with Crippen molar-refractivity contribution in [2.75, 3.05) is 0 Å². The molecule has 0 atom stereocenters. The van der Waals surface area contributed by atoms with E-state index in [1.54, 1.807) is 11.9 Å². The van der Waals surface area contributed by atoms with Crippen molar-refractivity contribution in [2.45, 2.75) is 0 Å². The van der Waals surface area contributed by atoms with Gasteiger partial charge in [0.25, 0.3) is 0 Å².